The SMILES string of the molecule is C=CCN(Cc1ccccc1)C(=O)C1N([C@H](C)CO)C(=O)[C@@H]2[C@H](C(=O)N(CC=C)c3ccccc3)[C@H]3SC12CC3Br. The predicted octanol–water partition coefficient (Wildman–Crippen LogP) is 4.27. The molecule has 7 nitrogen and oxygen atoms in total. The molecule has 3 saturated heterocycles. The van der Waals surface area contributed by atoms with Gasteiger partial charge in [-0.05, 0) is 31.0 Å². The predicted molar refractivity (Wildman–Crippen MR) is 167 cm³/mol. The maximum atomic E-state index is 14.5. The largest absolute Gasteiger partial charge is 0.394 e. The molecule has 0 radical (unpaired) electrons. The lowest BCUT2D eigenvalue weighted by Crippen LogP contribution is -2.57. The van der Waals surface area contributed by atoms with Crippen LogP contribution < -0.4 is 4.90 Å². The summed E-state index contributed by atoms with van der Waals surface area (Å²) in [6.45, 7) is 10.2. The molecular formula is C32H36BrN3O4S. The van der Waals surface area contributed by atoms with Crippen LogP contribution in [0.15, 0.2) is 86.0 Å². The molecule has 41 heavy (non-hydrogen) atoms. The third-order valence-electron chi connectivity index (χ3n) is 8.51. The fourth-order valence-corrected chi connectivity index (χ4v) is 10.4. The molecule has 3 heterocycles. The molecule has 3 unspecified atom stereocenters. The number of likely N-dealkylation sites (tertiary alicyclic amines) is 1. The Morgan fingerprint density at radius 2 is 1.73 bits per heavy atom. The van der Waals surface area contributed by atoms with Crippen molar-refractivity contribution < 1.29 is 19.5 Å². The first-order valence-corrected chi connectivity index (χ1v) is 15.7. The molecule has 5 rings (SSSR count). The number of halogens is 1. The van der Waals surface area contributed by atoms with Crippen molar-refractivity contribution in [2.45, 2.75) is 46.8 Å². The number of alkyl halides is 1. The minimum Gasteiger partial charge on any atom is -0.394 e. The number of benzene rings is 2. The number of amides is 3. The van der Waals surface area contributed by atoms with Gasteiger partial charge in [0.2, 0.25) is 17.7 Å². The monoisotopic (exact) mass is 637 g/mol. The molecule has 2 aromatic carbocycles. The van der Waals surface area contributed by atoms with Crippen LogP contribution in [0.25, 0.3) is 0 Å². The molecule has 1 spiro atoms. The molecule has 2 bridgehead atoms. The van der Waals surface area contributed by atoms with Gasteiger partial charge in [0, 0.05) is 35.4 Å². The Kier molecular flexibility index (Phi) is 8.78. The van der Waals surface area contributed by atoms with Gasteiger partial charge >= 0.3 is 0 Å². The van der Waals surface area contributed by atoms with E-state index in [1.54, 1.807) is 45.5 Å². The number of carbonyl (C=O) groups excluding carboxylic acids is 3. The summed E-state index contributed by atoms with van der Waals surface area (Å²) in [6, 6.07) is 17.7. The van der Waals surface area contributed by atoms with Crippen LogP contribution in [0.3, 0.4) is 0 Å². The lowest BCUT2D eigenvalue weighted by molar-refractivity contribution is -0.145. The minimum atomic E-state index is -0.816. The van der Waals surface area contributed by atoms with Crippen molar-refractivity contribution in [2.75, 3.05) is 24.6 Å². The fourth-order valence-electron chi connectivity index (χ4n) is 6.80. The molecule has 3 fully saturated rings. The third-order valence-corrected chi connectivity index (χ3v) is 11.7. The van der Waals surface area contributed by atoms with Gasteiger partial charge < -0.3 is 19.8 Å². The zero-order valence-electron chi connectivity index (χ0n) is 23.1. The number of carbonyl (C=O) groups is 3. The van der Waals surface area contributed by atoms with Crippen LogP contribution in [0, 0.1) is 11.8 Å². The summed E-state index contributed by atoms with van der Waals surface area (Å²) in [5, 5.41) is 10.0. The molecule has 3 aliphatic heterocycles. The van der Waals surface area contributed by atoms with E-state index in [-0.39, 0.29) is 34.4 Å². The van der Waals surface area contributed by atoms with E-state index in [2.05, 4.69) is 29.1 Å². The molecule has 0 aliphatic carbocycles. The topological polar surface area (TPSA) is 81.2 Å². The van der Waals surface area contributed by atoms with Crippen LogP contribution in [0.5, 0.6) is 0 Å². The normalized spacial score (nSPS) is 28.7. The summed E-state index contributed by atoms with van der Waals surface area (Å²) in [5.41, 5.74) is 1.71. The van der Waals surface area contributed by atoms with E-state index in [0.29, 0.717) is 26.1 Å². The lowest BCUT2D eigenvalue weighted by Gasteiger charge is -2.39. The van der Waals surface area contributed by atoms with Crippen LogP contribution in [0.4, 0.5) is 5.69 Å². The molecule has 3 aliphatic rings. The highest BCUT2D eigenvalue weighted by molar-refractivity contribution is 9.09. The Hall–Kier alpha value is -2.88. The van der Waals surface area contributed by atoms with Crippen LogP contribution in [-0.4, -0.2) is 79.2 Å². The fraction of sp³-hybridized carbons (Fsp3) is 0.406. The van der Waals surface area contributed by atoms with Gasteiger partial charge in [-0.25, -0.2) is 0 Å². The molecule has 216 valence electrons. The second-order valence-electron chi connectivity index (χ2n) is 11.0. The highest BCUT2D eigenvalue weighted by Crippen LogP contribution is 2.68. The zero-order valence-corrected chi connectivity index (χ0v) is 25.5. The summed E-state index contributed by atoms with van der Waals surface area (Å²) < 4.78 is -0.802. The number of rotatable bonds is 11. The summed E-state index contributed by atoms with van der Waals surface area (Å²) in [4.78, 5) is 48.2. The summed E-state index contributed by atoms with van der Waals surface area (Å²) in [6.07, 6.45) is 3.96. The van der Waals surface area contributed by atoms with Gasteiger partial charge in [-0.15, -0.1) is 24.9 Å². The van der Waals surface area contributed by atoms with Crippen molar-refractivity contribution in [1.82, 2.24) is 9.80 Å². The van der Waals surface area contributed by atoms with E-state index in [9.17, 15) is 19.5 Å². The number of aliphatic hydroxyl groups excluding tert-OH is 1. The maximum absolute atomic E-state index is 14.5. The Balaban J connectivity index is 1.56. The number of anilines is 1. The smallest absolute Gasteiger partial charge is 0.247 e. The number of fused-ring (bicyclic) bond motifs is 1. The van der Waals surface area contributed by atoms with Crippen molar-refractivity contribution in [1.29, 1.82) is 0 Å². The van der Waals surface area contributed by atoms with E-state index in [1.165, 1.54) is 0 Å². The van der Waals surface area contributed by atoms with Crippen molar-refractivity contribution in [3.05, 3.63) is 91.5 Å². The molecule has 9 heteroatoms. The van der Waals surface area contributed by atoms with Gasteiger partial charge in [-0.2, -0.15) is 0 Å². The third kappa shape index (κ3) is 5.06. The Bertz CT molecular complexity index is 1310. The van der Waals surface area contributed by atoms with Gasteiger partial charge in [-0.1, -0.05) is 76.6 Å². The van der Waals surface area contributed by atoms with Gasteiger partial charge in [0.25, 0.3) is 0 Å². The second-order valence-corrected chi connectivity index (χ2v) is 13.7. The van der Waals surface area contributed by atoms with Gasteiger partial charge in [-0.3, -0.25) is 14.4 Å². The second kappa shape index (κ2) is 12.2. The number of thioether (sulfide) groups is 1. The lowest BCUT2D eigenvalue weighted by atomic mass is 9.70. The van der Waals surface area contributed by atoms with Crippen molar-refractivity contribution in [2.24, 2.45) is 11.8 Å². The van der Waals surface area contributed by atoms with E-state index in [1.807, 2.05) is 60.7 Å². The molecule has 0 saturated carbocycles. The number of para-hydroxylation sites is 1. The first kappa shape index (κ1) is 29.6. The highest BCUT2D eigenvalue weighted by atomic mass is 79.9. The number of hydrogen-bond donors (Lipinski definition) is 1. The minimum absolute atomic E-state index is 0.0477. The van der Waals surface area contributed by atoms with Crippen molar-refractivity contribution in [3.63, 3.8) is 0 Å². The van der Waals surface area contributed by atoms with Gasteiger partial charge in [0.15, 0.2) is 0 Å². The molecule has 3 amide bonds. The molecule has 7 atom stereocenters. The first-order chi connectivity index (χ1) is 19.8. The van der Waals surface area contributed by atoms with E-state index in [4.69, 9.17) is 0 Å². The van der Waals surface area contributed by atoms with E-state index in [0.717, 1.165) is 11.3 Å². The molecule has 1 N–H and O–H groups in total. The zero-order chi connectivity index (χ0) is 29.3. The van der Waals surface area contributed by atoms with Crippen molar-refractivity contribution >= 4 is 51.1 Å². The van der Waals surface area contributed by atoms with Gasteiger partial charge in [0.05, 0.1) is 29.2 Å². The quantitative estimate of drug-likeness (QED) is 0.294. The van der Waals surface area contributed by atoms with Crippen LogP contribution in [0.2, 0.25) is 0 Å². The van der Waals surface area contributed by atoms with E-state index < -0.39 is 28.7 Å². The Morgan fingerprint density at radius 3 is 2.34 bits per heavy atom. The number of aliphatic hydroxyl groups is 1. The standard InChI is InChI=1S/C32H36BrN3O4S/c1-4-16-34(19-22-12-8-6-9-13-22)31(40)28-32-18-24(33)27(41-32)25(26(32)30(39)36(28)21(3)20-37)29(38)35(17-5-2)23-14-10-7-11-15-23/h4-15,21,24-28,37H,1-2,16-20H2,3H3/t21-,24?,25+,26+,27+,28?,32?/m1/s1. The summed E-state index contributed by atoms with van der Waals surface area (Å²) >= 11 is 5.44. The summed E-state index contributed by atoms with van der Waals surface area (Å²) in [7, 11) is 0. The molecule has 2 aromatic rings. The molecule has 0 aromatic heterocycles. The average Bonchev–Trinajstić information content (AvgIpc) is 3.58. The Morgan fingerprint density at radius 1 is 1.10 bits per heavy atom. The van der Waals surface area contributed by atoms with Crippen molar-refractivity contribution in [3.8, 4) is 0 Å². The van der Waals surface area contributed by atoms with Crippen LogP contribution in [0.1, 0.15) is 18.9 Å². The number of hydrogen-bond acceptors (Lipinski definition) is 5. The van der Waals surface area contributed by atoms with E-state index >= 15 is 0 Å². The first-order valence-electron chi connectivity index (χ1n) is 13.9. The van der Waals surface area contributed by atoms with Crippen LogP contribution in [-0.2, 0) is 20.9 Å². The molecular weight excluding hydrogens is 602 g/mol. The Labute approximate surface area is 254 Å². The summed E-state index contributed by atoms with van der Waals surface area (Å²) in [5.74, 6) is -1.87. The van der Waals surface area contributed by atoms with Gasteiger partial charge in [0.1, 0.15) is 6.04 Å². The highest BCUT2D eigenvalue weighted by Gasteiger charge is 2.76. The number of nitrogens with zero attached hydrogens (tertiary/aromatic N) is 3. The maximum Gasteiger partial charge on any atom is 0.247 e. The average molecular weight is 639 g/mol. The van der Waals surface area contributed by atoms with Crippen LogP contribution >= 0.6 is 27.7 Å².